The van der Waals surface area contributed by atoms with Crippen molar-refractivity contribution in [1.82, 2.24) is 15.3 Å². The van der Waals surface area contributed by atoms with Crippen molar-refractivity contribution < 1.29 is 4.74 Å². The third-order valence-corrected chi connectivity index (χ3v) is 7.66. The second-order valence-electron chi connectivity index (χ2n) is 8.50. The Bertz CT molecular complexity index is 792. The summed E-state index contributed by atoms with van der Waals surface area (Å²) in [6.45, 7) is 4.76. The topological polar surface area (TPSA) is 47.0 Å². The zero-order valence-electron chi connectivity index (χ0n) is 16.7. The van der Waals surface area contributed by atoms with Crippen LogP contribution in [0, 0.1) is 10.5 Å². The van der Waals surface area contributed by atoms with Crippen molar-refractivity contribution in [3.05, 3.63) is 57.2 Å². The summed E-state index contributed by atoms with van der Waals surface area (Å²) in [6, 6.07) is 8.60. The molecule has 1 N–H and O–H groups in total. The van der Waals surface area contributed by atoms with Gasteiger partial charge in [-0.3, -0.25) is 9.97 Å². The van der Waals surface area contributed by atoms with Crippen LogP contribution in [0.5, 0.6) is 0 Å². The zero-order valence-corrected chi connectivity index (χ0v) is 18.9. The third-order valence-electron chi connectivity index (χ3n) is 6.56. The van der Waals surface area contributed by atoms with Crippen molar-refractivity contribution in [3.63, 3.8) is 0 Å². The number of ether oxygens (including phenoxy) is 1. The average Bonchev–Trinajstić information content (AvgIpc) is 3.16. The van der Waals surface area contributed by atoms with Gasteiger partial charge in [0.15, 0.2) is 0 Å². The van der Waals surface area contributed by atoms with Gasteiger partial charge < -0.3 is 10.1 Å². The van der Waals surface area contributed by atoms with Crippen LogP contribution in [-0.4, -0.2) is 28.7 Å². The van der Waals surface area contributed by atoms with E-state index in [-0.39, 0.29) is 11.0 Å². The summed E-state index contributed by atoms with van der Waals surface area (Å²) in [6.07, 6.45) is 12.2. The molecule has 1 atom stereocenters. The molecule has 0 unspecified atom stereocenters. The van der Waals surface area contributed by atoms with E-state index in [2.05, 4.69) is 58.0 Å². The molecule has 1 saturated heterocycles. The van der Waals surface area contributed by atoms with Crippen LogP contribution in [-0.2, 0) is 16.7 Å². The predicted molar refractivity (Wildman–Crippen MR) is 120 cm³/mol. The fourth-order valence-corrected chi connectivity index (χ4v) is 5.54. The smallest absolute Gasteiger partial charge is 0.0691 e. The Hall–Kier alpha value is -1.05. The van der Waals surface area contributed by atoms with Gasteiger partial charge in [-0.25, -0.2) is 0 Å². The summed E-state index contributed by atoms with van der Waals surface area (Å²) >= 11 is 2.36. The lowest BCUT2D eigenvalue weighted by atomic mass is 9.68. The van der Waals surface area contributed by atoms with Gasteiger partial charge in [0.2, 0.25) is 0 Å². The van der Waals surface area contributed by atoms with Crippen molar-refractivity contribution >= 4 is 22.6 Å². The molecule has 4 nitrogen and oxygen atoms in total. The molecule has 2 aromatic heterocycles. The Labute approximate surface area is 182 Å². The summed E-state index contributed by atoms with van der Waals surface area (Å²) in [5.74, 6) is 0. The van der Waals surface area contributed by atoms with Gasteiger partial charge >= 0.3 is 0 Å². The van der Waals surface area contributed by atoms with Gasteiger partial charge in [-0.05, 0) is 91.9 Å². The summed E-state index contributed by atoms with van der Waals surface area (Å²) in [7, 11) is 0. The summed E-state index contributed by atoms with van der Waals surface area (Å²) in [5.41, 5.74) is 3.81. The summed E-state index contributed by atoms with van der Waals surface area (Å²) in [4.78, 5) is 9.28. The molecule has 28 heavy (non-hydrogen) atoms. The molecule has 150 valence electrons. The van der Waals surface area contributed by atoms with Crippen molar-refractivity contribution in [2.45, 2.75) is 69.4 Å². The van der Waals surface area contributed by atoms with Crippen LogP contribution in [0.4, 0.5) is 0 Å². The maximum atomic E-state index is 6.35. The summed E-state index contributed by atoms with van der Waals surface area (Å²) < 4.78 is 7.58. The Kier molecular flexibility index (Phi) is 6.33. The van der Waals surface area contributed by atoms with E-state index in [4.69, 9.17) is 9.72 Å². The Morgan fingerprint density at radius 1 is 1.18 bits per heavy atom. The van der Waals surface area contributed by atoms with E-state index >= 15 is 0 Å². The van der Waals surface area contributed by atoms with Gasteiger partial charge in [-0.2, -0.15) is 0 Å². The van der Waals surface area contributed by atoms with Crippen LogP contribution in [0.1, 0.15) is 61.9 Å². The van der Waals surface area contributed by atoms with Crippen LogP contribution < -0.4 is 5.32 Å². The largest absolute Gasteiger partial charge is 0.375 e. The Morgan fingerprint density at radius 2 is 2.04 bits per heavy atom. The monoisotopic (exact) mass is 491 g/mol. The van der Waals surface area contributed by atoms with Gasteiger partial charge in [0.1, 0.15) is 0 Å². The van der Waals surface area contributed by atoms with E-state index in [1.54, 1.807) is 0 Å². The lowest BCUT2D eigenvalue weighted by Gasteiger charge is -2.46. The first-order chi connectivity index (χ1) is 13.6. The molecule has 0 aromatic carbocycles. The van der Waals surface area contributed by atoms with E-state index < -0.39 is 0 Å². The lowest BCUT2D eigenvalue weighted by Crippen LogP contribution is -2.47. The van der Waals surface area contributed by atoms with Crippen molar-refractivity contribution in [1.29, 1.82) is 0 Å². The van der Waals surface area contributed by atoms with E-state index in [0.717, 1.165) is 44.7 Å². The minimum atomic E-state index is 0.0900. The van der Waals surface area contributed by atoms with Crippen LogP contribution in [0.25, 0.3) is 0 Å². The first-order valence-corrected chi connectivity index (χ1v) is 11.6. The van der Waals surface area contributed by atoms with Crippen molar-refractivity contribution in [2.75, 3.05) is 13.2 Å². The highest BCUT2D eigenvalue weighted by atomic mass is 127. The number of hydrogen-bond acceptors (Lipinski definition) is 4. The number of rotatable bonds is 6. The molecule has 1 aliphatic carbocycles. The highest BCUT2D eigenvalue weighted by Crippen LogP contribution is 2.49. The minimum absolute atomic E-state index is 0.0900. The van der Waals surface area contributed by atoms with Crippen LogP contribution in [0.15, 0.2) is 36.7 Å². The van der Waals surface area contributed by atoms with Crippen LogP contribution >= 0.6 is 22.6 Å². The number of nitrogens with zero attached hydrogens (tertiary/aromatic N) is 2. The lowest BCUT2D eigenvalue weighted by molar-refractivity contribution is -0.104. The van der Waals surface area contributed by atoms with Gasteiger partial charge in [-0.15, -0.1) is 0 Å². The summed E-state index contributed by atoms with van der Waals surface area (Å²) in [5, 5.41) is 3.66. The highest BCUT2D eigenvalue weighted by molar-refractivity contribution is 14.1. The predicted octanol–water partition coefficient (Wildman–Crippen LogP) is 4.93. The first kappa shape index (κ1) is 20.2. The second kappa shape index (κ2) is 8.76. The maximum absolute atomic E-state index is 6.35. The fourth-order valence-electron chi connectivity index (χ4n) is 5.00. The zero-order chi connectivity index (χ0) is 19.5. The van der Waals surface area contributed by atoms with Crippen LogP contribution in [0.3, 0.4) is 0 Å². The molecule has 5 heteroatoms. The molecule has 4 rings (SSSR count). The number of halogens is 1. The van der Waals surface area contributed by atoms with Gasteiger partial charge in [-0.1, -0.05) is 18.9 Å². The SMILES string of the molecule is Cc1ncc(CNCC[C@@]2(c3ccccn3)CCOC3(CCCC3)C2)cc1I. The molecule has 2 fully saturated rings. The van der Waals surface area contributed by atoms with Crippen LogP contribution in [0.2, 0.25) is 0 Å². The Balaban J connectivity index is 1.45. The van der Waals surface area contributed by atoms with Gasteiger partial charge in [0, 0.05) is 40.2 Å². The fraction of sp³-hybridized carbons (Fsp3) is 0.565. The minimum Gasteiger partial charge on any atom is -0.375 e. The third kappa shape index (κ3) is 4.41. The molecule has 1 spiro atoms. The normalized spacial score (nSPS) is 23.9. The number of aryl methyl sites for hydroxylation is 1. The van der Waals surface area contributed by atoms with E-state index in [1.165, 1.54) is 40.5 Å². The molecule has 1 saturated carbocycles. The standard InChI is InChI=1S/C23H30IN3O/c1-18-20(24)14-19(16-27-18)15-25-12-9-22(21-6-2-5-11-26-21)10-13-28-23(17-22)7-3-4-8-23/h2,5-6,11,14,16,25H,3-4,7-10,12-13,15,17H2,1H3/t22-/m1/s1. The molecule has 2 aromatic rings. The van der Waals surface area contributed by atoms with E-state index in [9.17, 15) is 0 Å². The molecule has 0 bridgehead atoms. The molecule has 0 radical (unpaired) electrons. The quantitative estimate of drug-likeness (QED) is 0.460. The molecule has 2 aliphatic rings. The second-order valence-corrected chi connectivity index (χ2v) is 9.66. The highest BCUT2D eigenvalue weighted by Gasteiger charge is 2.48. The maximum Gasteiger partial charge on any atom is 0.0691 e. The molecule has 0 amide bonds. The van der Waals surface area contributed by atoms with Gasteiger partial charge in [0.05, 0.1) is 11.3 Å². The molecular weight excluding hydrogens is 461 g/mol. The number of nitrogens with one attached hydrogen (secondary N) is 1. The van der Waals surface area contributed by atoms with E-state index in [0.29, 0.717) is 0 Å². The number of pyridine rings is 2. The Morgan fingerprint density at radius 3 is 2.79 bits per heavy atom. The molecule has 1 aliphatic heterocycles. The number of hydrogen-bond donors (Lipinski definition) is 1. The number of aromatic nitrogens is 2. The van der Waals surface area contributed by atoms with Crippen molar-refractivity contribution in [3.8, 4) is 0 Å². The van der Waals surface area contributed by atoms with Crippen molar-refractivity contribution in [2.24, 2.45) is 0 Å². The molecule has 3 heterocycles. The average molecular weight is 491 g/mol. The van der Waals surface area contributed by atoms with Gasteiger partial charge in [0.25, 0.3) is 0 Å². The van der Waals surface area contributed by atoms with E-state index in [1.807, 2.05) is 18.5 Å². The first-order valence-electron chi connectivity index (χ1n) is 10.5. The molecular formula is C23H30IN3O.